The molecule has 0 aliphatic rings. The third-order valence-electron chi connectivity index (χ3n) is 4.55. The van der Waals surface area contributed by atoms with Crippen molar-refractivity contribution in [3.63, 3.8) is 0 Å². The Bertz CT molecular complexity index is 1320. The molecule has 0 amide bonds. The average molecular weight is 641 g/mol. The quantitative estimate of drug-likeness (QED) is 0.237. The maximum atomic E-state index is 14.7. The van der Waals surface area contributed by atoms with Crippen molar-refractivity contribution < 1.29 is 75.1 Å². The summed E-state index contributed by atoms with van der Waals surface area (Å²) in [4.78, 5) is -0.602. The zero-order chi connectivity index (χ0) is 31.8. The van der Waals surface area contributed by atoms with Gasteiger partial charge >= 0.3 is 36.9 Å². The predicted molar refractivity (Wildman–Crippen MR) is 110 cm³/mol. The molecule has 1 heterocycles. The van der Waals surface area contributed by atoms with Crippen molar-refractivity contribution in [2.45, 2.75) is 48.7 Å². The van der Waals surface area contributed by atoms with Gasteiger partial charge in [0.25, 0.3) is 0 Å². The molecule has 0 radical (unpaired) electrons. The van der Waals surface area contributed by atoms with Gasteiger partial charge in [-0.15, -0.1) is 11.5 Å². The summed E-state index contributed by atoms with van der Waals surface area (Å²) in [6.45, 7) is 0.584. The molecule has 0 saturated heterocycles. The molecule has 0 aliphatic carbocycles. The number of rotatable bonds is 11. The van der Waals surface area contributed by atoms with Gasteiger partial charge in [-0.05, 0) is 24.6 Å². The molecule has 21 heteroatoms. The van der Waals surface area contributed by atoms with Gasteiger partial charge in [0, 0.05) is 11.0 Å². The molecule has 1 aromatic carbocycles. The molecule has 0 fully saturated rings. The van der Waals surface area contributed by atoms with Crippen LogP contribution in [0.1, 0.15) is 5.56 Å². The van der Waals surface area contributed by atoms with E-state index in [9.17, 15) is 65.7 Å². The fraction of sp³-hybridized carbons (Fsp3) is 0.450. The standard InChI is InChI=1S/C20H13F14N3O3S/c1-3-4-35-13-7-14(39-17(26,27)15(22)40-20(33,34)18(28,29)19(30,31)32)36-37(13)11-6-12(9(2)5-10(11)21)41(38)8-16(23,24)25/h1,5-7,15,35H,4,8H2,2H3. The summed E-state index contributed by atoms with van der Waals surface area (Å²) < 4.78 is 202. The minimum atomic E-state index is -7.12. The van der Waals surface area contributed by atoms with Crippen LogP contribution in [0.5, 0.6) is 5.88 Å². The fourth-order valence-electron chi connectivity index (χ4n) is 2.76. The van der Waals surface area contributed by atoms with Crippen LogP contribution in [0.2, 0.25) is 0 Å². The molecule has 2 rings (SSSR count). The highest BCUT2D eigenvalue weighted by Gasteiger charge is 2.76. The van der Waals surface area contributed by atoms with Crippen LogP contribution in [0.15, 0.2) is 23.1 Å². The van der Waals surface area contributed by atoms with Crippen molar-refractivity contribution in [1.29, 1.82) is 0 Å². The van der Waals surface area contributed by atoms with Gasteiger partial charge in [-0.25, -0.2) is 13.5 Å². The molecule has 0 bridgehead atoms. The molecule has 1 aromatic heterocycles. The van der Waals surface area contributed by atoms with Crippen LogP contribution in [0.4, 0.5) is 67.3 Å². The maximum Gasteiger partial charge on any atom is 0.462 e. The lowest BCUT2D eigenvalue weighted by Crippen LogP contribution is -2.56. The minimum Gasteiger partial charge on any atom is -0.409 e. The minimum absolute atomic E-state index is 0.254. The predicted octanol–water partition coefficient (Wildman–Crippen LogP) is 6.11. The Labute approximate surface area is 222 Å². The van der Waals surface area contributed by atoms with E-state index in [1.165, 1.54) is 0 Å². The van der Waals surface area contributed by atoms with Gasteiger partial charge in [0.2, 0.25) is 5.88 Å². The number of nitrogens with one attached hydrogen (secondary N) is 1. The summed E-state index contributed by atoms with van der Waals surface area (Å²) in [6, 6.07) is 1.49. The van der Waals surface area contributed by atoms with E-state index in [2.05, 4.69) is 19.9 Å². The Balaban J connectivity index is 2.49. The number of hydrogen-bond acceptors (Lipinski definition) is 5. The molecule has 2 atom stereocenters. The first kappa shape index (κ1) is 33.9. The third-order valence-corrected chi connectivity index (χ3v) is 6.07. The summed E-state index contributed by atoms with van der Waals surface area (Å²) >= 11 is 0. The first-order valence-electron chi connectivity index (χ1n) is 10.2. The Morgan fingerprint density at radius 1 is 1.05 bits per heavy atom. The van der Waals surface area contributed by atoms with Crippen LogP contribution in [-0.2, 0) is 15.5 Å². The van der Waals surface area contributed by atoms with Gasteiger partial charge in [-0.3, -0.25) is 8.95 Å². The van der Waals surface area contributed by atoms with Gasteiger partial charge in [0.05, 0.1) is 17.3 Å². The van der Waals surface area contributed by atoms with Gasteiger partial charge in [-0.2, -0.15) is 52.7 Å². The second-order valence-corrected chi connectivity index (χ2v) is 9.12. The average Bonchev–Trinajstić information content (AvgIpc) is 3.16. The molecule has 2 unspecified atom stereocenters. The van der Waals surface area contributed by atoms with E-state index < -0.39 is 88.0 Å². The van der Waals surface area contributed by atoms with Crippen molar-refractivity contribution in [2.24, 2.45) is 0 Å². The number of aryl methyl sites for hydroxylation is 1. The summed E-state index contributed by atoms with van der Waals surface area (Å²) in [5.41, 5.74) is -1.14. The van der Waals surface area contributed by atoms with Crippen LogP contribution < -0.4 is 10.1 Å². The summed E-state index contributed by atoms with van der Waals surface area (Å²) in [7, 11) is -2.82. The number of alkyl halides is 13. The zero-order valence-corrected chi connectivity index (χ0v) is 20.4. The van der Waals surface area contributed by atoms with Gasteiger partial charge < -0.3 is 10.1 Å². The first-order valence-corrected chi connectivity index (χ1v) is 11.5. The van der Waals surface area contributed by atoms with Crippen molar-refractivity contribution in [3.05, 3.63) is 29.6 Å². The van der Waals surface area contributed by atoms with Crippen LogP contribution in [0, 0.1) is 25.1 Å². The Hall–Kier alpha value is -3.28. The second kappa shape index (κ2) is 11.5. The van der Waals surface area contributed by atoms with Crippen LogP contribution in [0.3, 0.4) is 0 Å². The topological polar surface area (TPSA) is 65.4 Å². The molecule has 41 heavy (non-hydrogen) atoms. The maximum absolute atomic E-state index is 14.7. The fourth-order valence-corrected chi connectivity index (χ4v) is 3.87. The molecule has 1 N–H and O–H groups in total. The molecule has 0 saturated carbocycles. The van der Waals surface area contributed by atoms with Crippen molar-refractivity contribution in [3.8, 4) is 23.9 Å². The van der Waals surface area contributed by atoms with Crippen molar-refractivity contribution in [2.75, 3.05) is 17.6 Å². The van der Waals surface area contributed by atoms with E-state index in [0.29, 0.717) is 18.2 Å². The Morgan fingerprint density at radius 2 is 1.63 bits per heavy atom. The first-order chi connectivity index (χ1) is 18.4. The lowest BCUT2D eigenvalue weighted by molar-refractivity contribution is -0.460. The number of ether oxygens (including phenoxy) is 2. The molecule has 2 aromatic rings. The normalized spacial score (nSPS) is 14.9. The highest BCUT2D eigenvalue weighted by atomic mass is 32.2. The van der Waals surface area contributed by atoms with E-state index in [0.717, 1.165) is 6.92 Å². The zero-order valence-electron chi connectivity index (χ0n) is 19.6. The third kappa shape index (κ3) is 7.72. The largest absolute Gasteiger partial charge is 0.462 e. The number of anilines is 1. The number of nitrogens with zero attached hydrogens (tertiary/aromatic N) is 2. The molecule has 0 aliphatic heterocycles. The Morgan fingerprint density at radius 3 is 2.15 bits per heavy atom. The van der Waals surface area contributed by atoms with E-state index in [1.807, 2.05) is 5.92 Å². The number of aromatic nitrogens is 2. The van der Waals surface area contributed by atoms with Crippen LogP contribution in [-0.4, -0.2) is 63.1 Å². The SMILES string of the molecule is C#CCNc1cc(OC(F)(F)C(F)OC(F)(F)C(F)(F)C(F)(F)F)nn1-c1cc(S(=O)CC(F)(F)F)c(C)cc1F. The Kier molecular flexibility index (Phi) is 9.55. The molecule has 230 valence electrons. The van der Waals surface area contributed by atoms with E-state index in [4.69, 9.17) is 6.42 Å². The number of hydrogen-bond donors (Lipinski definition) is 1. The van der Waals surface area contributed by atoms with Crippen molar-refractivity contribution >= 4 is 16.6 Å². The highest BCUT2D eigenvalue weighted by molar-refractivity contribution is 7.85. The molecular weight excluding hydrogens is 628 g/mol. The molecule has 6 nitrogen and oxygen atoms in total. The second-order valence-electron chi connectivity index (χ2n) is 7.70. The highest BCUT2D eigenvalue weighted by Crippen LogP contribution is 2.48. The van der Waals surface area contributed by atoms with Crippen LogP contribution >= 0.6 is 0 Å². The van der Waals surface area contributed by atoms with E-state index >= 15 is 0 Å². The monoisotopic (exact) mass is 641 g/mol. The van der Waals surface area contributed by atoms with Crippen molar-refractivity contribution in [1.82, 2.24) is 9.78 Å². The summed E-state index contributed by atoms with van der Waals surface area (Å²) in [6.07, 6.45) is -24.6. The summed E-state index contributed by atoms with van der Waals surface area (Å²) in [5.74, 6) is -10.5. The number of benzene rings is 1. The smallest absolute Gasteiger partial charge is 0.409 e. The summed E-state index contributed by atoms with van der Waals surface area (Å²) in [5, 5.41) is 5.48. The number of terminal acetylenes is 1. The molecular formula is C20H13F14N3O3S. The van der Waals surface area contributed by atoms with Gasteiger partial charge in [-0.1, -0.05) is 5.92 Å². The molecule has 0 spiro atoms. The van der Waals surface area contributed by atoms with Gasteiger partial charge in [0.1, 0.15) is 23.1 Å². The lowest BCUT2D eigenvalue weighted by atomic mass is 10.2. The van der Waals surface area contributed by atoms with E-state index in [1.54, 1.807) is 0 Å². The van der Waals surface area contributed by atoms with E-state index in [-0.39, 0.29) is 10.2 Å². The lowest BCUT2D eigenvalue weighted by Gasteiger charge is -2.30. The van der Waals surface area contributed by atoms with Gasteiger partial charge in [0.15, 0.2) is 0 Å². The van der Waals surface area contributed by atoms with Crippen LogP contribution in [0.25, 0.3) is 5.69 Å². The number of halogens is 14.